The molecule has 1 aromatic carbocycles. The van der Waals surface area contributed by atoms with Crippen LogP contribution >= 0.6 is 23.2 Å². The highest BCUT2D eigenvalue weighted by Gasteiger charge is 2.58. The number of esters is 1. The number of methoxy groups -OCH3 is 1. The third-order valence-corrected chi connectivity index (χ3v) is 8.01. The highest BCUT2D eigenvalue weighted by molar-refractivity contribution is 6.42. The first-order valence-electron chi connectivity index (χ1n) is 10.9. The molecule has 0 bridgehead atoms. The number of nitrogens with zero attached hydrogens (tertiary/aromatic N) is 2. The first-order valence-corrected chi connectivity index (χ1v) is 11.7. The van der Waals surface area contributed by atoms with E-state index in [1.807, 2.05) is 10.6 Å². The van der Waals surface area contributed by atoms with Crippen molar-refractivity contribution in [1.82, 2.24) is 14.9 Å². The second-order valence-corrected chi connectivity index (χ2v) is 10.3. The smallest absolute Gasteiger partial charge is 0.328 e. The Bertz CT molecular complexity index is 1100. The molecule has 1 aliphatic carbocycles. The summed E-state index contributed by atoms with van der Waals surface area (Å²) >= 11 is 12.0. The van der Waals surface area contributed by atoms with Crippen LogP contribution in [0.25, 0.3) is 0 Å². The normalized spacial score (nSPS) is 22.2. The molecule has 1 aliphatic rings. The summed E-state index contributed by atoms with van der Waals surface area (Å²) in [5, 5.41) is 13.4. The van der Waals surface area contributed by atoms with Crippen molar-refractivity contribution in [3.8, 4) is 0 Å². The van der Waals surface area contributed by atoms with Gasteiger partial charge in [0, 0.05) is 25.1 Å². The van der Waals surface area contributed by atoms with Gasteiger partial charge in [-0.25, -0.2) is 9.78 Å². The number of amides is 1. The number of hydrogen-bond acceptors (Lipinski definition) is 5. The monoisotopic (exact) mass is 509 g/mol. The number of ether oxygens (including phenoxy) is 1. The Hall–Kier alpha value is -2.58. The fraction of sp³-hybridized carbons (Fsp3) is 0.500. The zero-order valence-corrected chi connectivity index (χ0v) is 21.1. The number of imidazole rings is 1. The molecule has 1 heterocycles. The fourth-order valence-corrected chi connectivity index (χ4v) is 4.93. The van der Waals surface area contributed by atoms with E-state index in [-0.39, 0.29) is 12.3 Å². The van der Waals surface area contributed by atoms with Crippen LogP contribution in [-0.4, -0.2) is 45.7 Å². The predicted molar refractivity (Wildman–Crippen MR) is 128 cm³/mol. The topological polar surface area (TPSA) is 111 Å². The van der Waals surface area contributed by atoms with Crippen LogP contribution in [0.3, 0.4) is 0 Å². The largest absolute Gasteiger partial charge is 0.481 e. The highest BCUT2D eigenvalue weighted by atomic mass is 35.5. The number of carboxylic acid groups (broad SMARTS) is 1. The number of carboxylic acids is 1. The van der Waals surface area contributed by atoms with E-state index >= 15 is 0 Å². The van der Waals surface area contributed by atoms with Crippen LogP contribution in [0.5, 0.6) is 0 Å². The van der Waals surface area contributed by atoms with Crippen LogP contribution in [-0.2, 0) is 32.1 Å². The lowest BCUT2D eigenvalue weighted by Crippen LogP contribution is -2.50. The lowest BCUT2D eigenvalue weighted by Gasteiger charge is -2.38. The number of benzene rings is 1. The van der Waals surface area contributed by atoms with E-state index in [9.17, 15) is 19.5 Å². The van der Waals surface area contributed by atoms with Crippen LogP contribution in [0, 0.1) is 16.7 Å². The molecular weight excluding hydrogens is 481 g/mol. The van der Waals surface area contributed by atoms with E-state index in [0.717, 1.165) is 5.56 Å². The molecule has 1 fully saturated rings. The summed E-state index contributed by atoms with van der Waals surface area (Å²) in [6, 6.07) is 4.41. The summed E-state index contributed by atoms with van der Waals surface area (Å²) in [5.41, 5.74) is -0.289. The first kappa shape index (κ1) is 26.0. The van der Waals surface area contributed by atoms with E-state index < -0.39 is 34.7 Å². The van der Waals surface area contributed by atoms with Crippen LogP contribution < -0.4 is 5.32 Å². The minimum atomic E-state index is -1.03. The summed E-state index contributed by atoms with van der Waals surface area (Å²) < 4.78 is 6.73. The maximum Gasteiger partial charge on any atom is 0.328 e. The van der Waals surface area contributed by atoms with E-state index in [1.54, 1.807) is 45.4 Å². The Labute approximate surface area is 208 Å². The van der Waals surface area contributed by atoms with Gasteiger partial charge >= 0.3 is 11.9 Å². The molecule has 0 radical (unpaired) electrons. The molecule has 184 valence electrons. The number of nitrogens with one attached hydrogen (secondary N) is 1. The molecule has 3 atom stereocenters. The number of hydrogen-bond donors (Lipinski definition) is 2. The van der Waals surface area contributed by atoms with E-state index in [0.29, 0.717) is 35.1 Å². The minimum absolute atomic E-state index is 0.135. The van der Waals surface area contributed by atoms with Crippen LogP contribution in [0.4, 0.5) is 0 Å². The molecule has 0 unspecified atom stereocenters. The minimum Gasteiger partial charge on any atom is -0.481 e. The van der Waals surface area contributed by atoms with Crippen molar-refractivity contribution in [3.63, 3.8) is 0 Å². The summed E-state index contributed by atoms with van der Waals surface area (Å²) in [5.74, 6) is -2.43. The maximum atomic E-state index is 13.1. The number of halogens is 2. The van der Waals surface area contributed by atoms with Crippen molar-refractivity contribution in [2.45, 2.75) is 52.6 Å². The van der Waals surface area contributed by atoms with Gasteiger partial charge in [-0.3, -0.25) is 9.59 Å². The molecule has 8 nitrogen and oxygen atoms in total. The van der Waals surface area contributed by atoms with Gasteiger partial charge in [0.15, 0.2) is 0 Å². The van der Waals surface area contributed by atoms with Crippen molar-refractivity contribution in [2.75, 3.05) is 7.11 Å². The molecule has 1 aromatic heterocycles. The van der Waals surface area contributed by atoms with Gasteiger partial charge in [0.2, 0.25) is 5.91 Å². The Morgan fingerprint density at radius 1 is 1.26 bits per heavy atom. The predicted octanol–water partition coefficient (Wildman–Crippen LogP) is 3.97. The zero-order valence-electron chi connectivity index (χ0n) is 19.6. The lowest BCUT2D eigenvalue weighted by molar-refractivity contribution is -0.156. The average Bonchev–Trinajstić information content (AvgIpc) is 3.31. The Morgan fingerprint density at radius 2 is 1.97 bits per heavy atom. The van der Waals surface area contributed by atoms with E-state index in [2.05, 4.69) is 10.3 Å². The Balaban J connectivity index is 1.71. The fourth-order valence-electron chi connectivity index (χ4n) is 4.61. The first-order chi connectivity index (χ1) is 15.9. The molecule has 0 saturated heterocycles. The molecule has 3 rings (SSSR count). The van der Waals surface area contributed by atoms with Crippen molar-refractivity contribution in [2.24, 2.45) is 16.7 Å². The third kappa shape index (κ3) is 5.08. The number of aromatic nitrogens is 2. The van der Waals surface area contributed by atoms with Crippen molar-refractivity contribution >= 4 is 41.0 Å². The van der Waals surface area contributed by atoms with Crippen molar-refractivity contribution in [1.29, 1.82) is 0 Å². The summed E-state index contributed by atoms with van der Waals surface area (Å²) in [4.78, 5) is 41.8. The second kappa shape index (κ2) is 9.96. The molecule has 2 aromatic rings. The standard InChI is InChI=1S/C24H29Cl2N3O5/c1-23(2)16(7-8-24(23,3)22(32)33)20(30)28-19(21(31)34-4)10-15-12-29(13-27-15)11-14-5-6-17(25)18(26)9-14/h5-6,9,12-13,16,19H,7-8,10-11H2,1-4H3,(H,28,30)(H,32,33)/t16-,19-,24+/m1/s1. The summed E-state index contributed by atoms with van der Waals surface area (Å²) in [7, 11) is 1.26. The van der Waals surface area contributed by atoms with Crippen molar-refractivity contribution in [3.05, 3.63) is 52.0 Å². The maximum absolute atomic E-state index is 13.1. The van der Waals surface area contributed by atoms with Gasteiger partial charge in [0.05, 0.1) is 34.6 Å². The summed E-state index contributed by atoms with van der Waals surface area (Å²) in [6.45, 7) is 5.75. The van der Waals surface area contributed by atoms with Gasteiger partial charge in [-0.2, -0.15) is 0 Å². The van der Waals surface area contributed by atoms with Gasteiger partial charge in [0.25, 0.3) is 0 Å². The lowest BCUT2D eigenvalue weighted by atomic mass is 9.65. The third-order valence-electron chi connectivity index (χ3n) is 7.27. The van der Waals surface area contributed by atoms with Gasteiger partial charge in [-0.1, -0.05) is 43.1 Å². The molecule has 1 saturated carbocycles. The molecule has 2 N–H and O–H groups in total. The van der Waals surface area contributed by atoms with E-state index in [1.165, 1.54) is 7.11 Å². The van der Waals surface area contributed by atoms with Gasteiger partial charge in [0.1, 0.15) is 6.04 Å². The van der Waals surface area contributed by atoms with E-state index in [4.69, 9.17) is 27.9 Å². The van der Waals surface area contributed by atoms with Gasteiger partial charge < -0.3 is 19.7 Å². The van der Waals surface area contributed by atoms with Crippen LogP contribution in [0.2, 0.25) is 10.0 Å². The molecular formula is C24H29Cl2N3O5. The average molecular weight is 510 g/mol. The number of carbonyl (C=O) groups excluding carboxylic acids is 2. The second-order valence-electron chi connectivity index (χ2n) is 9.52. The molecule has 1 amide bonds. The number of rotatable bonds is 8. The molecule has 0 aliphatic heterocycles. The number of carbonyl (C=O) groups is 3. The van der Waals surface area contributed by atoms with Gasteiger partial charge in [-0.15, -0.1) is 0 Å². The van der Waals surface area contributed by atoms with Crippen LogP contribution in [0.1, 0.15) is 44.9 Å². The zero-order chi connectivity index (χ0) is 25.3. The Morgan fingerprint density at radius 3 is 2.56 bits per heavy atom. The Kier molecular flexibility index (Phi) is 7.62. The number of aliphatic carboxylic acids is 1. The van der Waals surface area contributed by atoms with Crippen LogP contribution in [0.15, 0.2) is 30.7 Å². The van der Waals surface area contributed by atoms with Gasteiger partial charge in [-0.05, 0) is 42.9 Å². The van der Waals surface area contributed by atoms with Crippen molar-refractivity contribution < 1.29 is 24.2 Å². The summed E-state index contributed by atoms with van der Waals surface area (Å²) in [6.07, 6.45) is 4.36. The molecule has 10 heteroatoms. The molecule has 34 heavy (non-hydrogen) atoms. The SMILES string of the molecule is COC(=O)[C@@H](Cc1cn(Cc2ccc(Cl)c(Cl)c2)cn1)NC(=O)[C@H]1CC[C@@](C)(C(=O)O)C1(C)C. The quantitative estimate of drug-likeness (QED) is 0.520. The highest BCUT2D eigenvalue weighted by Crippen LogP contribution is 2.56. The molecule has 0 spiro atoms.